The Hall–Kier alpha value is -2.89. The third kappa shape index (κ3) is 4.75. The van der Waals surface area contributed by atoms with Gasteiger partial charge in [0.25, 0.3) is 5.91 Å². The van der Waals surface area contributed by atoms with Crippen molar-refractivity contribution < 1.29 is 14.6 Å². The zero-order chi connectivity index (χ0) is 20.1. The maximum absolute atomic E-state index is 12.5. The monoisotopic (exact) mass is 390 g/mol. The maximum atomic E-state index is 12.5. The topological polar surface area (TPSA) is 53.0 Å². The minimum atomic E-state index is -0.578. The SMILES string of the molecule is O=C(c1ccccc1)N1CCN(C[C@@H](O)COc2cccc3ccccc23)CC1. The van der Waals surface area contributed by atoms with Gasteiger partial charge in [-0.05, 0) is 23.6 Å². The third-order valence-electron chi connectivity index (χ3n) is 5.33. The van der Waals surface area contributed by atoms with Gasteiger partial charge in [0.15, 0.2) is 0 Å². The van der Waals surface area contributed by atoms with Gasteiger partial charge < -0.3 is 14.7 Å². The summed E-state index contributed by atoms with van der Waals surface area (Å²) >= 11 is 0. The molecular formula is C24H26N2O3. The summed E-state index contributed by atoms with van der Waals surface area (Å²) in [5.41, 5.74) is 0.726. The summed E-state index contributed by atoms with van der Waals surface area (Å²) in [6, 6.07) is 23.4. The van der Waals surface area contributed by atoms with Gasteiger partial charge in [0.05, 0.1) is 0 Å². The Balaban J connectivity index is 1.26. The van der Waals surface area contributed by atoms with Gasteiger partial charge in [-0.25, -0.2) is 0 Å². The van der Waals surface area contributed by atoms with Gasteiger partial charge in [-0.1, -0.05) is 54.6 Å². The van der Waals surface area contributed by atoms with Crippen LogP contribution in [0.2, 0.25) is 0 Å². The van der Waals surface area contributed by atoms with Gasteiger partial charge in [-0.2, -0.15) is 0 Å². The number of rotatable bonds is 6. The number of aliphatic hydroxyl groups excluding tert-OH is 1. The van der Waals surface area contributed by atoms with Crippen LogP contribution in [-0.2, 0) is 0 Å². The second kappa shape index (κ2) is 9.07. The fourth-order valence-electron chi connectivity index (χ4n) is 3.76. The lowest BCUT2D eigenvalue weighted by atomic mass is 10.1. The molecule has 0 spiro atoms. The molecule has 0 aliphatic carbocycles. The predicted octanol–water partition coefficient (Wildman–Crippen LogP) is 3.04. The molecule has 1 aliphatic rings. The lowest BCUT2D eigenvalue weighted by Gasteiger charge is -2.35. The van der Waals surface area contributed by atoms with E-state index in [0.717, 1.165) is 35.2 Å². The lowest BCUT2D eigenvalue weighted by molar-refractivity contribution is 0.0406. The summed E-state index contributed by atoms with van der Waals surface area (Å²) in [7, 11) is 0. The summed E-state index contributed by atoms with van der Waals surface area (Å²) in [6.07, 6.45) is -0.578. The molecule has 5 nitrogen and oxygen atoms in total. The van der Waals surface area contributed by atoms with Crippen molar-refractivity contribution in [3.63, 3.8) is 0 Å². The molecule has 4 rings (SSSR count). The fourth-order valence-corrected chi connectivity index (χ4v) is 3.76. The second-order valence-electron chi connectivity index (χ2n) is 7.40. The van der Waals surface area contributed by atoms with E-state index < -0.39 is 6.10 Å². The average molecular weight is 390 g/mol. The molecule has 1 saturated heterocycles. The van der Waals surface area contributed by atoms with Crippen LogP contribution in [0.3, 0.4) is 0 Å². The Morgan fingerprint density at radius 3 is 2.38 bits per heavy atom. The summed E-state index contributed by atoms with van der Waals surface area (Å²) < 4.78 is 5.90. The number of β-amino-alcohol motifs (C(OH)–C–C–N with tert-alkyl or cyclic N) is 1. The molecule has 29 heavy (non-hydrogen) atoms. The van der Waals surface area contributed by atoms with Crippen LogP contribution < -0.4 is 4.74 Å². The van der Waals surface area contributed by atoms with Crippen molar-refractivity contribution in [2.24, 2.45) is 0 Å². The molecule has 150 valence electrons. The van der Waals surface area contributed by atoms with Crippen molar-refractivity contribution in [2.75, 3.05) is 39.3 Å². The van der Waals surface area contributed by atoms with E-state index >= 15 is 0 Å². The van der Waals surface area contributed by atoms with Crippen molar-refractivity contribution in [1.29, 1.82) is 0 Å². The highest BCUT2D eigenvalue weighted by molar-refractivity contribution is 5.94. The summed E-state index contributed by atoms with van der Waals surface area (Å²) in [6.45, 7) is 3.64. The maximum Gasteiger partial charge on any atom is 0.253 e. The number of carbonyl (C=O) groups is 1. The molecule has 3 aromatic carbocycles. The summed E-state index contributed by atoms with van der Waals surface area (Å²) in [5.74, 6) is 0.866. The quantitative estimate of drug-likeness (QED) is 0.703. The number of nitrogens with zero attached hydrogens (tertiary/aromatic N) is 2. The molecule has 3 aromatic rings. The molecular weight excluding hydrogens is 364 g/mol. The highest BCUT2D eigenvalue weighted by Gasteiger charge is 2.23. The Morgan fingerprint density at radius 1 is 0.897 bits per heavy atom. The van der Waals surface area contributed by atoms with Crippen molar-refractivity contribution in [3.8, 4) is 5.75 Å². The van der Waals surface area contributed by atoms with Crippen LogP contribution in [-0.4, -0.2) is 66.2 Å². The molecule has 1 amide bonds. The highest BCUT2D eigenvalue weighted by atomic mass is 16.5. The van der Waals surface area contributed by atoms with E-state index in [1.165, 1.54) is 0 Å². The van der Waals surface area contributed by atoms with Crippen molar-refractivity contribution in [1.82, 2.24) is 9.80 Å². The number of ether oxygens (including phenoxy) is 1. The Kier molecular flexibility index (Phi) is 6.08. The van der Waals surface area contributed by atoms with E-state index in [4.69, 9.17) is 4.74 Å². The number of piperazine rings is 1. The molecule has 1 aliphatic heterocycles. The lowest BCUT2D eigenvalue weighted by Crippen LogP contribution is -2.50. The molecule has 1 N–H and O–H groups in total. The second-order valence-corrected chi connectivity index (χ2v) is 7.40. The van der Waals surface area contributed by atoms with E-state index in [1.54, 1.807) is 0 Å². The van der Waals surface area contributed by atoms with E-state index in [2.05, 4.69) is 17.0 Å². The van der Waals surface area contributed by atoms with Crippen LogP contribution in [0.4, 0.5) is 0 Å². The number of fused-ring (bicyclic) bond motifs is 1. The molecule has 1 heterocycles. The van der Waals surface area contributed by atoms with Crippen LogP contribution in [0.5, 0.6) is 5.75 Å². The summed E-state index contributed by atoms with van der Waals surface area (Å²) in [5, 5.41) is 12.6. The van der Waals surface area contributed by atoms with Gasteiger partial charge in [0.1, 0.15) is 18.5 Å². The first-order chi connectivity index (χ1) is 14.2. The average Bonchev–Trinajstić information content (AvgIpc) is 2.78. The molecule has 1 fully saturated rings. The zero-order valence-corrected chi connectivity index (χ0v) is 16.4. The zero-order valence-electron chi connectivity index (χ0n) is 16.4. The van der Waals surface area contributed by atoms with Crippen LogP contribution in [0, 0.1) is 0 Å². The van der Waals surface area contributed by atoms with Crippen LogP contribution in [0.25, 0.3) is 10.8 Å². The van der Waals surface area contributed by atoms with Gasteiger partial charge in [-0.3, -0.25) is 9.69 Å². The van der Waals surface area contributed by atoms with Gasteiger partial charge >= 0.3 is 0 Å². The molecule has 0 unspecified atom stereocenters. The van der Waals surface area contributed by atoms with E-state index in [1.807, 2.05) is 65.6 Å². The number of aliphatic hydroxyl groups is 1. The number of carbonyl (C=O) groups excluding carboxylic acids is 1. The highest BCUT2D eigenvalue weighted by Crippen LogP contribution is 2.25. The van der Waals surface area contributed by atoms with Gasteiger partial charge in [-0.15, -0.1) is 0 Å². The molecule has 1 atom stereocenters. The minimum Gasteiger partial charge on any atom is -0.490 e. The largest absolute Gasteiger partial charge is 0.490 e. The van der Waals surface area contributed by atoms with E-state index in [0.29, 0.717) is 19.6 Å². The molecule has 0 bridgehead atoms. The fraction of sp³-hybridized carbons (Fsp3) is 0.292. The predicted molar refractivity (Wildman–Crippen MR) is 114 cm³/mol. The number of benzene rings is 3. The first-order valence-electron chi connectivity index (χ1n) is 10.1. The van der Waals surface area contributed by atoms with Crippen LogP contribution in [0.1, 0.15) is 10.4 Å². The van der Waals surface area contributed by atoms with Gasteiger partial charge in [0.2, 0.25) is 0 Å². The van der Waals surface area contributed by atoms with Crippen molar-refractivity contribution in [2.45, 2.75) is 6.10 Å². The molecule has 5 heteroatoms. The minimum absolute atomic E-state index is 0.0742. The first kappa shape index (κ1) is 19.4. The number of amides is 1. The van der Waals surface area contributed by atoms with Crippen molar-refractivity contribution >= 4 is 16.7 Å². The Morgan fingerprint density at radius 2 is 1.59 bits per heavy atom. The third-order valence-corrected chi connectivity index (χ3v) is 5.33. The first-order valence-corrected chi connectivity index (χ1v) is 10.1. The van der Waals surface area contributed by atoms with E-state index in [-0.39, 0.29) is 12.5 Å². The van der Waals surface area contributed by atoms with Crippen LogP contribution in [0.15, 0.2) is 72.8 Å². The Labute approximate surface area is 171 Å². The Bertz CT molecular complexity index is 947. The summed E-state index contributed by atoms with van der Waals surface area (Å²) in [4.78, 5) is 16.6. The number of hydrogen-bond donors (Lipinski definition) is 1. The van der Waals surface area contributed by atoms with Crippen LogP contribution >= 0.6 is 0 Å². The molecule has 0 radical (unpaired) electrons. The normalized spacial score (nSPS) is 16.0. The standard InChI is InChI=1S/C24H26N2O3/c27-21(18-29-23-12-6-10-19-7-4-5-11-22(19)23)17-25-13-15-26(16-14-25)24(28)20-8-2-1-3-9-20/h1-12,21,27H,13-18H2/t21-/m1/s1. The molecule has 0 saturated carbocycles. The molecule has 0 aromatic heterocycles. The van der Waals surface area contributed by atoms with Crippen molar-refractivity contribution in [3.05, 3.63) is 78.4 Å². The van der Waals surface area contributed by atoms with Gasteiger partial charge in [0, 0.05) is 43.7 Å². The van der Waals surface area contributed by atoms with E-state index in [9.17, 15) is 9.90 Å². The number of hydrogen-bond acceptors (Lipinski definition) is 4. The smallest absolute Gasteiger partial charge is 0.253 e.